The number of carbonyl (C=O) groups is 2. The molecule has 0 spiro atoms. The predicted molar refractivity (Wildman–Crippen MR) is 98.9 cm³/mol. The van der Waals surface area contributed by atoms with E-state index in [2.05, 4.69) is 10.1 Å². The average molecular weight is 389 g/mol. The standard InChI is InChI=1S/C19H35NO7/c1-26-16(23)10-8-6-4-2-3-5-7-9-11-20-19-14(12-21)17(24)18(25)15(13-22)27-19/h12,14-15,17-20,22,24-25H,2-11,13H2,1H3. The summed E-state index contributed by atoms with van der Waals surface area (Å²) < 4.78 is 10.1. The lowest BCUT2D eigenvalue weighted by molar-refractivity contribution is -0.211. The number of esters is 1. The molecule has 4 N–H and O–H groups in total. The van der Waals surface area contributed by atoms with E-state index in [0.717, 1.165) is 51.4 Å². The highest BCUT2D eigenvalue weighted by molar-refractivity contribution is 5.68. The molecular weight excluding hydrogens is 354 g/mol. The zero-order chi connectivity index (χ0) is 20.1. The summed E-state index contributed by atoms with van der Waals surface area (Å²) in [4.78, 5) is 22.2. The molecule has 1 saturated heterocycles. The number of hydrogen-bond acceptors (Lipinski definition) is 8. The molecule has 5 unspecified atom stereocenters. The fourth-order valence-electron chi connectivity index (χ4n) is 3.27. The van der Waals surface area contributed by atoms with E-state index in [9.17, 15) is 24.9 Å². The second-order valence-corrected chi connectivity index (χ2v) is 7.08. The lowest BCUT2D eigenvalue weighted by atomic mass is 9.91. The lowest BCUT2D eigenvalue weighted by Crippen LogP contribution is -2.60. The number of unbranched alkanes of at least 4 members (excludes halogenated alkanes) is 7. The van der Waals surface area contributed by atoms with E-state index < -0.39 is 37.1 Å². The minimum Gasteiger partial charge on any atom is -0.469 e. The van der Waals surface area contributed by atoms with Gasteiger partial charge in [0.1, 0.15) is 24.7 Å². The van der Waals surface area contributed by atoms with Crippen LogP contribution in [0.25, 0.3) is 0 Å². The van der Waals surface area contributed by atoms with Crippen LogP contribution in [0.2, 0.25) is 0 Å². The molecule has 1 rings (SSSR count). The topological polar surface area (TPSA) is 125 Å². The molecule has 27 heavy (non-hydrogen) atoms. The number of methoxy groups -OCH3 is 1. The van der Waals surface area contributed by atoms with Gasteiger partial charge in [-0.2, -0.15) is 0 Å². The summed E-state index contributed by atoms with van der Waals surface area (Å²) in [6.45, 7) is 0.219. The molecule has 0 saturated carbocycles. The summed E-state index contributed by atoms with van der Waals surface area (Å²) >= 11 is 0. The maximum absolute atomic E-state index is 11.2. The summed E-state index contributed by atoms with van der Waals surface area (Å²) in [7, 11) is 1.41. The Kier molecular flexibility index (Phi) is 12.4. The van der Waals surface area contributed by atoms with Crippen LogP contribution < -0.4 is 5.32 Å². The predicted octanol–water partition coefficient (Wildman–Crippen LogP) is 0.514. The molecule has 1 fully saturated rings. The molecule has 0 bridgehead atoms. The van der Waals surface area contributed by atoms with Gasteiger partial charge >= 0.3 is 5.97 Å². The molecule has 0 aromatic heterocycles. The summed E-state index contributed by atoms with van der Waals surface area (Å²) in [5.74, 6) is -0.999. The molecule has 5 atom stereocenters. The highest BCUT2D eigenvalue weighted by Gasteiger charge is 2.43. The van der Waals surface area contributed by atoms with Crippen molar-refractivity contribution in [3.63, 3.8) is 0 Å². The van der Waals surface area contributed by atoms with Crippen molar-refractivity contribution in [2.24, 2.45) is 5.92 Å². The average Bonchev–Trinajstić information content (AvgIpc) is 2.68. The maximum atomic E-state index is 11.2. The van der Waals surface area contributed by atoms with Gasteiger partial charge in [0.15, 0.2) is 0 Å². The van der Waals surface area contributed by atoms with E-state index in [1.807, 2.05) is 0 Å². The number of nitrogens with one attached hydrogen (secondary N) is 1. The van der Waals surface area contributed by atoms with Gasteiger partial charge in [-0.05, 0) is 19.4 Å². The molecule has 0 aromatic rings. The molecule has 1 aliphatic heterocycles. The van der Waals surface area contributed by atoms with Crippen LogP contribution in [0.3, 0.4) is 0 Å². The van der Waals surface area contributed by atoms with Crippen LogP contribution in [-0.4, -0.2) is 72.4 Å². The van der Waals surface area contributed by atoms with Crippen LogP contribution in [0, 0.1) is 5.92 Å². The third kappa shape index (κ3) is 8.66. The second-order valence-electron chi connectivity index (χ2n) is 7.08. The first-order chi connectivity index (χ1) is 13.0. The Labute approximate surface area is 161 Å². The van der Waals surface area contributed by atoms with Gasteiger partial charge in [-0.1, -0.05) is 38.5 Å². The zero-order valence-corrected chi connectivity index (χ0v) is 16.2. The van der Waals surface area contributed by atoms with E-state index in [0.29, 0.717) is 19.3 Å². The van der Waals surface area contributed by atoms with Crippen molar-refractivity contribution < 1.29 is 34.4 Å². The third-order valence-corrected chi connectivity index (χ3v) is 5.01. The monoisotopic (exact) mass is 389 g/mol. The number of aliphatic hydroxyl groups excluding tert-OH is 3. The third-order valence-electron chi connectivity index (χ3n) is 5.01. The van der Waals surface area contributed by atoms with Gasteiger partial charge in [-0.3, -0.25) is 10.1 Å². The number of aliphatic hydroxyl groups is 3. The first-order valence-corrected chi connectivity index (χ1v) is 9.93. The number of carbonyl (C=O) groups excluding carboxylic acids is 2. The quantitative estimate of drug-likeness (QED) is 0.192. The van der Waals surface area contributed by atoms with Gasteiger partial charge in [0.05, 0.1) is 25.7 Å². The SMILES string of the molecule is COC(=O)CCCCCCCCCCNC1OC(CO)C(O)C(O)C1C=O. The Bertz CT molecular complexity index is 421. The molecule has 0 aliphatic carbocycles. The fourth-order valence-corrected chi connectivity index (χ4v) is 3.27. The number of ether oxygens (including phenoxy) is 2. The van der Waals surface area contributed by atoms with Crippen molar-refractivity contribution in [1.82, 2.24) is 5.32 Å². The molecule has 0 aromatic carbocycles. The number of aldehydes is 1. The molecule has 1 aliphatic rings. The van der Waals surface area contributed by atoms with Gasteiger partial charge < -0.3 is 29.6 Å². The zero-order valence-electron chi connectivity index (χ0n) is 16.2. The molecule has 8 heteroatoms. The fraction of sp³-hybridized carbons (Fsp3) is 0.895. The summed E-state index contributed by atoms with van der Waals surface area (Å²) in [5, 5.41) is 32.1. The van der Waals surface area contributed by atoms with E-state index >= 15 is 0 Å². The van der Waals surface area contributed by atoms with Crippen molar-refractivity contribution >= 4 is 12.3 Å². The van der Waals surface area contributed by atoms with Gasteiger partial charge in [0.25, 0.3) is 0 Å². The molecule has 8 nitrogen and oxygen atoms in total. The molecule has 0 amide bonds. The second kappa shape index (κ2) is 14.0. The molecule has 0 radical (unpaired) electrons. The normalized spacial score (nSPS) is 28.1. The number of rotatable bonds is 14. The van der Waals surface area contributed by atoms with Crippen molar-refractivity contribution in [1.29, 1.82) is 0 Å². The lowest BCUT2D eigenvalue weighted by Gasteiger charge is -2.40. The van der Waals surface area contributed by atoms with Crippen LogP contribution in [-0.2, 0) is 19.1 Å². The molecular formula is C19H35NO7. The van der Waals surface area contributed by atoms with Crippen LogP contribution >= 0.6 is 0 Å². The number of hydrogen-bond donors (Lipinski definition) is 4. The van der Waals surface area contributed by atoms with E-state index in [-0.39, 0.29) is 5.97 Å². The van der Waals surface area contributed by atoms with Gasteiger partial charge in [-0.15, -0.1) is 0 Å². The summed E-state index contributed by atoms with van der Waals surface area (Å²) in [5.41, 5.74) is 0. The highest BCUT2D eigenvalue weighted by Crippen LogP contribution is 2.23. The maximum Gasteiger partial charge on any atom is 0.305 e. The van der Waals surface area contributed by atoms with Gasteiger partial charge in [-0.25, -0.2) is 0 Å². The Hall–Kier alpha value is -1.06. The largest absolute Gasteiger partial charge is 0.469 e. The van der Waals surface area contributed by atoms with Crippen molar-refractivity contribution in [2.75, 3.05) is 20.3 Å². The highest BCUT2D eigenvalue weighted by atomic mass is 16.5. The Morgan fingerprint density at radius 3 is 2.19 bits per heavy atom. The minimum absolute atomic E-state index is 0.145. The van der Waals surface area contributed by atoms with E-state index in [4.69, 9.17) is 4.74 Å². The Morgan fingerprint density at radius 1 is 1.04 bits per heavy atom. The smallest absolute Gasteiger partial charge is 0.305 e. The van der Waals surface area contributed by atoms with E-state index in [1.165, 1.54) is 7.11 Å². The van der Waals surface area contributed by atoms with Crippen LogP contribution in [0.1, 0.15) is 57.8 Å². The summed E-state index contributed by atoms with van der Waals surface area (Å²) in [6.07, 6.45) is 5.38. The van der Waals surface area contributed by atoms with E-state index in [1.54, 1.807) is 0 Å². The molecule has 158 valence electrons. The van der Waals surface area contributed by atoms with Crippen LogP contribution in [0.4, 0.5) is 0 Å². The summed E-state index contributed by atoms with van der Waals surface area (Å²) in [6, 6.07) is 0. The Balaban J connectivity index is 2.07. The minimum atomic E-state index is -1.27. The molecule has 1 heterocycles. The van der Waals surface area contributed by atoms with Gasteiger partial charge in [0.2, 0.25) is 0 Å². The first kappa shape index (κ1) is 24.0. The first-order valence-electron chi connectivity index (χ1n) is 9.93. The van der Waals surface area contributed by atoms with Crippen molar-refractivity contribution in [3.05, 3.63) is 0 Å². The van der Waals surface area contributed by atoms with Crippen LogP contribution in [0.5, 0.6) is 0 Å². The Morgan fingerprint density at radius 2 is 1.63 bits per heavy atom. The van der Waals surface area contributed by atoms with Gasteiger partial charge in [0, 0.05) is 6.42 Å². The van der Waals surface area contributed by atoms with Crippen LogP contribution in [0.15, 0.2) is 0 Å². The van der Waals surface area contributed by atoms with Crippen molar-refractivity contribution in [2.45, 2.75) is 82.3 Å². The van der Waals surface area contributed by atoms with Crippen molar-refractivity contribution in [3.8, 4) is 0 Å².